The summed E-state index contributed by atoms with van der Waals surface area (Å²) in [4.78, 5) is 24.0. The lowest BCUT2D eigenvalue weighted by atomic mass is 9.71. The molecule has 10 nitrogen and oxygen atoms in total. The number of ether oxygens (including phenoxy) is 1. The van der Waals surface area contributed by atoms with Crippen LogP contribution in [0.3, 0.4) is 0 Å². The Hall–Kier alpha value is -3.66. The summed E-state index contributed by atoms with van der Waals surface area (Å²) in [7, 11) is 0. The second-order valence-electron chi connectivity index (χ2n) is 6.08. The first kappa shape index (κ1) is 18.1. The molecule has 0 aliphatic carbocycles. The van der Waals surface area contributed by atoms with Crippen LogP contribution < -0.4 is 4.74 Å². The normalized spacial score (nSPS) is 23.9. The van der Waals surface area contributed by atoms with Gasteiger partial charge in [-0.15, -0.1) is 0 Å². The van der Waals surface area contributed by atoms with Crippen LogP contribution in [0.5, 0.6) is 28.7 Å². The van der Waals surface area contributed by atoms with Gasteiger partial charge in [0.15, 0.2) is 11.5 Å². The van der Waals surface area contributed by atoms with Crippen LogP contribution in [0.4, 0.5) is 0 Å². The number of hydrogen-bond acceptors (Lipinski definition) is 8. The molecular formula is C17H14O10. The molecule has 27 heavy (non-hydrogen) atoms. The van der Waals surface area contributed by atoms with Gasteiger partial charge in [-0.3, -0.25) is 0 Å². The molecule has 1 heterocycles. The number of benzene rings is 2. The average Bonchev–Trinajstić information content (AvgIpc) is 2.57. The quantitative estimate of drug-likeness (QED) is 0.365. The van der Waals surface area contributed by atoms with Gasteiger partial charge in [-0.25, -0.2) is 9.59 Å². The maximum absolute atomic E-state index is 12.2. The maximum atomic E-state index is 12.2. The van der Waals surface area contributed by atoms with E-state index in [1.807, 2.05) is 0 Å². The fraction of sp³-hybridized carbons (Fsp3) is 0.176. The van der Waals surface area contributed by atoms with Crippen LogP contribution in [0, 0.1) is 0 Å². The monoisotopic (exact) mass is 378 g/mol. The van der Waals surface area contributed by atoms with Gasteiger partial charge in [-0.05, 0) is 12.1 Å². The molecule has 0 fully saturated rings. The predicted molar refractivity (Wildman–Crippen MR) is 85.8 cm³/mol. The molecule has 2 unspecified atom stereocenters. The number of hydrogen-bond donors (Lipinski definition) is 7. The van der Waals surface area contributed by atoms with E-state index >= 15 is 0 Å². The molecule has 1 aliphatic heterocycles. The molecule has 7 N–H and O–H groups in total. The lowest BCUT2D eigenvalue weighted by Crippen LogP contribution is -2.67. The average molecular weight is 378 g/mol. The molecule has 10 heteroatoms. The van der Waals surface area contributed by atoms with E-state index in [1.54, 1.807) is 0 Å². The summed E-state index contributed by atoms with van der Waals surface area (Å²) in [6, 6.07) is 4.44. The van der Waals surface area contributed by atoms with Crippen molar-refractivity contribution in [2.24, 2.45) is 0 Å². The number of rotatable bonds is 3. The first-order chi connectivity index (χ1) is 12.5. The highest BCUT2D eigenvalue weighted by Crippen LogP contribution is 2.50. The van der Waals surface area contributed by atoms with Crippen LogP contribution in [-0.2, 0) is 21.6 Å². The number of aliphatic hydroxyl groups is 1. The minimum Gasteiger partial charge on any atom is -0.508 e. The van der Waals surface area contributed by atoms with Crippen LogP contribution in [0.15, 0.2) is 30.3 Å². The fourth-order valence-corrected chi connectivity index (χ4v) is 3.13. The van der Waals surface area contributed by atoms with Crippen molar-refractivity contribution in [3.05, 3.63) is 41.5 Å². The van der Waals surface area contributed by atoms with Gasteiger partial charge in [-0.2, -0.15) is 0 Å². The summed E-state index contributed by atoms with van der Waals surface area (Å²) in [5.41, 5.74) is -6.78. The van der Waals surface area contributed by atoms with Crippen molar-refractivity contribution >= 4 is 11.9 Å². The number of carboxylic acid groups (broad SMARTS) is 2. The van der Waals surface area contributed by atoms with Crippen molar-refractivity contribution in [2.75, 3.05) is 0 Å². The molecule has 0 saturated heterocycles. The molecule has 0 spiro atoms. The van der Waals surface area contributed by atoms with E-state index in [0.29, 0.717) is 0 Å². The number of carbonyl (C=O) groups is 2. The van der Waals surface area contributed by atoms with Gasteiger partial charge in [0, 0.05) is 29.7 Å². The van der Waals surface area contributed by atoms with Crippen LogP contribution >= 0.6 is 0 Å². The summed E-state index contributed by atoms with van der Waals surface area (Å²) in [6.07, 6.45) is -0.877. The Morgan fingerprint density at radius 3 is 2.11 bits per heavy atom. The molecule has 0 amide bonds. The number of phenolic OH excluding ortho intramolecular Hbond substituents is 4. The second kappa shape index (κ2) is 5.68. The molecule has 0 aromatic heterocycles. The van der Waals surface area contributed by atoms with Gasteiger partial charge in [-0.1, -0.05) is 6.07 Å². The summed E-state index contributed by atoms with van der Waals surface area (Å²) >= 11 is 0. The van der Waals surface area contributed by atoms with E-state index in [4.69, 9.17) is 4.74 Å². The van der Waals surface area contributed by atoms with Crippen LogP contribution in [0.25, 0.3) is 0 Å². The van der Waals surface area contributed by atoms with Crippen LogP contribution in [0.1, 0.15) is 11.1 Å². The topological polar surface area (TPSA) is 185 Å². The van der Waals surface area contributed by atoms with E-state index in [-0.39, 0.29) is 11.3 Å². The molecule has 0 radical (unpaired) electrons. The zero-order valence-corrected chi connectivity index (χ0v) is 13.4. The Morgan fingerprint density at radius 1 is 0.889 bits per heavy atom. The number of aliphatic carboxylic acids is 2. The van der Waals surface area contributed by atoms with Crippen LogP contribution in [0.2, 0.25) is 0 Å². The number of aromatic hydroxyl groups is 4. The molecule has 0 bridgehead atoms. The minimum absolute atomic E-state index is 0.224. The van der Waals surface area contributed by atoms with E-state index in [9.17, 15) is 45.3 Å². The molecule has 2 atom stereocenters. The smallest absolute Gasteiger partial charge is 0.356 e. The first-order valence-corrected chi connectivity index (χ1v) is 7.48. The third-order valence-corrected chi connectivity index (χ3v) is 4.49. The second-order valence-corrected chi connectivity index (χ2v) is 6.08. The molecule has 2 aromatic carbocycles. The molecular weight excluding hydrogens is 364 g/mol. The lowest BCUT2D eigenvalue weighted by molar-refractivity contribution is -0.207. The van der Waals surface area contributed by atoms with E-state index < -0.39 is 58.1 Å². The van der Waals surface area contributed by atoms with Gasteiger partial charge < -0.3 is 40.5 Å². The molecule has 3 rings (SSSR count). The van der Waals surface area contributed by atoms with E-state index in [2.05, 4.69) is 0 Å². The highest BCUT2D eigenvalue weighted by Gasteiger charge is 2.67. The van der Waals surface area contributed by atoms with E-state index in [0.717, 1.165) is 30.3 Å². The largest absolute Gasteiger partial charge is 0.508 e. The Balaban J connectivity index is 2.37. The molecule has 142 valence electrons. The summed E-state index contributed by atoms with van der Waals surface area (Å²) in [5.74, 6) is -6.70. The lowest BCUT2D eigenvalue weighted by Gasteiger charge is -2.45. The Morgan fingerprint density at radius 2 is 1.56 bits per heavy atom. The van der Waals surface area contributed by atoms with Crippen molar-refractivity contribution in [1.29, 1.82) is 0 Å². The summed E-state index contributed by atoms with van der Waals surface area (Å²) in [5, 5.41) is 69.0. The highest BCUT2D eigenvalue weighted by atomic mass is 16.6. The van der Waals surface area contributed by atoms with Crippen molar-refractivity contribution in [1.82, 2.24) is 0 Å². The Bertz CT molecular complexity index is 968. The molecule has 0 saturated carbocycles. The zero-order valence-electron chi connectivity index (χ0n) is 13.4. The number of carboxylic acids is 2. The van der Waals surface area contributed by atoms with E-state index in [1.165, 1.54) is 0 Å². The Labute approximate surface area is 150 Å². The third kappa shape index (κ3) is 2.38. The molecule has 2 aromatic rings. The van der Waals surface area contributed by atoms with Gasteiger partial charge in [0.25, 0.3) is 5.60 Å². The zero-order chi connectivity index (χ0) is 20.1. The Kier molecular flexibility index (Phi) is 3.81. The predicted octanol–water partition coefficient (Wildman–Crippen LogP) is 0.240. The SMILES string of the molecule is O=C(O)C1(O)Cc2c(O)cc(O)cc2OC1(C(=O)O)c1ccc(O)c(O)c1. The van der Waals surface area contributed by atoms with Crippen molar-refractivity contribution < 1.29 is 50.1 Å². The summed E-state index contributed by atoms with van der Waals surface area (Å²) in [6.45, 7) is 0. The van der Waals surface area contributed by atoms with Crippen LogP contribution in [-0.4, -0.2) is 53.3 Å². The standard InChI is InChI=1S/C17H14O10/c18-8-4-11(20)9-6-16(26,14(22)23)17(15(24)25,27-13(9)5-8)7-1-2-10(19)12(21)3-7/h1-5,18-21,26H,6H2,(H,22,23)(H,24,25). The number of phenols is 4. The third-order valence-electron chi connectivity index (χ3n) is 4.49. The van der Waals surface area contributed by atoms with Crippen molar-refractivity contribution in [3.8, 4) is 28.7 Å². The first-order valence-electron chi connectivity index (χ1n) is 7.48. The highest BCUT2D eigenvalue weighted by molar-refractivity contribution is 5.94. The fourth-order valence-electron chi connectivity index (χ4n) is 3.13. The van der Waals surface area contributed by atoms with Gasteiger partial charge in [0.1, 0.15) is 17.2 Å². The van der Waals surface area contributed by atoms with Crippen molar-refractivity contribution in [2.45, 2.75) is 17.6 Å². The van der Waals surface area contributed by atoms with Gasteiger partial charge in [0.05, 0.1) is 0 Å². The van der Waals surface area contributed by atoms with Crippen molar-refractivity contribution in [3.63, 3.8) is 0 Å². The molecule has 1 aliphatic rings. The maximum Gasteiger partial charge on any atom is 0.356 e. The van der Waals surface area contributed by atoms with Gasteiger partial charge >= 0.3 is 11.9 Å². The minimum atomic E-state index is -3.11. The number of fused-ring (bicyclic) bond motifs is 1. The van der Waals surface area contributed by atoms with Gasteiger partial charge in [0.2, 0.25) is 5.60 Å². The summed E-state index contributed by atoms with van der Waals surface area (Å²) < 4.78 is 5.36.